The molecule has 104 valence electrons. The van der Waals surface area contributed by atoms with Gasteiger partial charge in [-0.15, -0.1) is 0 Å². The third-order valence-corrected chi connectivity index (χ3v) is 3.92. The Morgan fingerprint density at radius 1 is 0.941 bits per heavy atom. The van der Waals surface area contributed by atoms with Crippen LogP contribution in [0.5, 0.6) is 0 Å². The van der Waals surface area contributed by atoms with Crippen LogP contribution in [-0.4, -0.2) is 37.1 Å². The molecule has 0 aromatic carbocycles. The van der Waals surface area contributed by atoms with Crippen LogP contribution in [-0.2, 0) is 0 Å². The molecule has 0 heterocycles. The first-order valence-corrected chi connectivity index (χ1v) is 7.46. The molecule has 1 N–H and O–H groups in total. The lowest BCUT2D eigenvalue weighted by Crippen LogP contribution is -2.40. The summed E-state index contributed by atoms with van der Waals surface area (Å²) in [6, 6.07) is 0. The molecule has 0 atom stereocenters. The Labute approximate surface area is 109 Å². The Balaban J connectivity index is 3.34. The average Bonchev–Trinajstić information content (AvgIpc) is 2.32. The van der Waals surface area contributed by atoms with Crippen molar-refractivity contribution in [2.24, 2.45) is 0 Å². The molecule has 0 amide bonds. The third kappa shape index (κ3) is 8.62. The summed E-state index contributed by atoms with van der Waals surface area (Å²) in [7, 11) is 2.26. The highest BCUT2D eigenvalue weighted by Crippen LogP contribution is 2.17. The molecule has 0 unspecified atom stereocenters. The first-order chi connectivity index (χ1) is 8.04. The van der Waals surface area contributed by atoms with Crippen LogP contribution in [0.4, 0.5) is 0 Å². The Hall–Kier alpha value is -0.0800. The normalized spacial score (nSPS) is 12.4. The highest BCUT2D eigenvalue weighted by Gasteiger charge is 2.19. The van der Waals surface area contributed by atoms with E-state index >= 15 is 0 Å². The first-order valence-electron chi connectivity index (χ1n) is 7.46. The minimum atomic E-state index is 0.364. The van der Waals surface area contributed by atoms with Gasteiger partial charge in [-0.2, -0.15) is 0 Å². The van der Waals surface area contributed by atoms with Gasteiger partial charge in [0, 0.05) is 5.54 Å². The van der Waals surface area contributed by atoms with Gasteiger partial charge in [0.2, 0.25) is 0 Å². The fraction of sp³-hybridized carbons (Fsp3) is 1.00. The summed E-state index contributed by atoms with van der Waals surface area (Å²) in [6.45, 7) is 12.8. The van der Waals surface area contributed by atoms with Crippen LogP contribution in [0.3, 0.4) is 0 Å². The molecule has 0 saturated heterocycles. The second-order valence-corrected chi connectivity index (χ2v) is 5.75. The standard InChI is InChI=1S/C15H34N2/c1-6-12-16-13-10-8-9-11-14-17(5)15(3,4)7-2/h16H,6-14H2,1-5H3. The van der Waals surface area contributed by atoms with Crippen molar-refractivity contribution in [2.45, 2.75) is 71.8 Å². The molecule has 0 saturated carbocycles. The van der Waals surface area contributed by atoms with Gasteiger partial charge in [0.05, 0.1) is 0 Å². The van der Waals surface area contributed by atoms with E-state index in [1.54, 1.807) is 0 Å². The number of hydrogen-bond donors (Lipinski definition) is 1. The molecular formula is C15H34N2. The SMILES string of the molecule is CCCNCCCCCCN(C)C(C)(C)CC. The van der Waals surface area contributed by atoms with Crippen LogP contribution in [0.1, 0.15) is 66.2 Å². The van der Waals surface area contributed by atoms with E-state index in [9.17, 15) is 0 Å². The molecule has 0 aliphatic carbocycles. The van der Waals surface area contributed by atoms with Crippen LogP contribution in [0, 0.1) is 0 Å². The Kier molecular flexibility index (Phi) is 9.85. The molecule has 0 aliphatic rings. The second-order valence-electron chi connectivity index (χ2n) is 5.75. The number of rotatable bonds is 11. The fourth-order valence-electron chi connectivity index (χ4n) is 1.83. The zero-order chi connectivity index (χ0) is 13.1. The van der Waals surface area contributed by atoms with Gasteiger partial charge in [0.15, 0.2) is 0 Å². The lowest BCUT2D eigenvalue weighted by atomic mass is 9.99. The van der Waals surface area contributed by atoms with E-state index in [1.807, 2.05) is 0 Å². The van der Waals surface area contributed by atoms with Gasteiger partial charge in [0.25, 0.3) is 0 Å². The number of nitrogens with one attached hydrogen (secondary N) is 1. The highest BCUT2D eigenvalue weighted by molar-refractivity contribution is 4.76. The summed E-state index contributed by atoms with van der Waals surface area (Å²) in [5.41, 5.74) is 0.364. The van der Waals surface area contributed by atoms with E-state index in [2.05, 4.69) is 45.0 Å². The van der Waals surface area contributed by atoms with Crippen molar-refractivity contribution in [3.05, 3.63) is 0 Å². The summed E-state index contributed by atoms with van der Waals surface area (Å²) in [6.07, 6.45) is 7.89. The lowest BCUT2D eigenvalue weighted by molar-refractivity contribution is 0.148. The van der Waals surface area contributed by atoms with Crippen LogP contribution < -0.4 is 5.32 Å². The van der Waals surface area contributed by atoms with Gasteiger partial charge in [-0.3, -0.25) is 0 Å². The van der Waals surface area contributed by atoms with Crippen molar-refractivity contribution in [1.29, 1.82) is 0 Å². The second kappa shape index (κ2) is 9.90. The first kappa shape index (κ1) is 16.9. The van der Waals surface area contributed by atoms with E-state index in [4.69, 9.17) is 0 Å². The zero-order valence-corrected chi connectivity index (χ0v) is 12.8. The van der Waals surface area contributed by atoms with Crippen LogP contribution in [0.15, 0.2) is 0 Å². The number of unbranched alkanes of at least 4 members (excludes halogenated alkanes) is 3. The molecule has 0 bridgehead atoms. The molecule has 2 nitrogen and oxygen atoms in total. The van der Waals surface area contributed by atoms with E-state index in [0.717, 1.165) is 0 Å². The molecule has 17 heavy (non-hydrogen) atoms. The molecule has 0 aliphatic heterocycles. The van der Waals surface area contributed by atoms with E-state index < -0.39 is 0 Å². The Morgan fingerprint density at radius 3 is 2.18 bits per heavy atom. The minimum absolute atomic E-state index is 0.364. The molecular weight excluding hydrogens is 208 g/mol. The highest BCUT2D eigenvalue weighted by atomic mass is 15.2. The van der Waals surface area contributed by atoms with Crippen molar-refractivity contribution < 1.29 is 0 Å². The summed E-state index contributed by atoms with van der Waals surface area (Å²) >= 11 is 0. The number of hydrogen-bond acceptors (Lipinski definition) is 2. The van der Waals surface area contributed by atoms with E-state index in [-0.39, 0.29) is 0 Å². The van der Waals surface area contributed by atoms with Gasteiger partial charge < -0.3 is 10.2 Å². The van der Waals surface area contributed by atoms with Crippen LogP contribution in [0.25, 0.3) is 0 Å². The predicted molar refractivity (Wildman–Crippen MR) is 78.6 cm³/mol. The molecule has 0 spiro atoms. The molecule has 0 aromatic rings. The van der Waals surface area contributed by atoms with Crippen LogP contribution >= 0.6 is 0 Å². The largest absolute Gasteiger partial charge is 0.317 e. The van der Waals surface area contributed by atoms with Crippen LogP contribution in [0.2, 0.25) is 0 Å². The van der Waals surface area contributed by atoms with Crippen molar-refractivity contribution in [3.8, 4) is 0 Å². The van der Waals surface area contributed by atoms with Gasteiger partial charge in [-0.25, -0.2) is 0 Å². The van der Waals surface area contributed by atoms with Gasteiger partial charge in [0.1, 0.15) is 0 Å². The summed E-state index contributed by atoms with van der Waals surface area (Å²) in [4.78, 5) is 2.50. The molecule has 2 heteroatoms. The fourth-order valence-corrected chi connectivity index (χ4v) is 1.83. The summed E-state index contributed by atoms with van der Waals surface area (Å²) < 4.78 is 0. The Bertz CT molecular complexity index is 166. The maximum absolute atomic E-state index is 3.46. The van der Waals surface area contributed by atoms with Gasteiger partial charge in [-0.05, 0) is 66.2 Å². The van der Waals surface area contributed by atoms with Crippen molar-refractivity contribution in [3.63, 3.8) is 0 Å². The molecule has 0 aromatic heterocycles. The summed E-state index contributed by atoms with van der Waals surface area (Å²) in [5.74, 6) is 0. The summed E-state index contributed by atoms with van der Waals surface area (Å²) in [5, 5.41) is 3.46. The maximum Gasteiger partial charge on any atom is 0.0147 e. The van der Waals surface area contributed by atoms with E-state index in [1.165, 1.54) is 58.2 Å². The maximum atomic E-state index is 3.46. The van der Waals surface area contributed by atoms with Crippen molar-refractivity contribution >= 4 is 0 Å². The Morgan fingerprint density at radius 2 is 1.59 bits per heavy atom. The van der Waals surface area contributed by atoms with Gasteiger partial charge in [-0.1, -0.05) is 26.7 Å². The quantitative estimate of drug-likeness (QED) is 0.556. The monoisotopic (exact) mass is 242 g/mol. The molecule has 0 fully saturated rings. The smallest absolute Gasteiger partial charge is 0.0147 e. The average molecular weight is 242 g/mol. The van der Waals surface area contributed by atoms with Gasteiger partial charge >= 0.3 is 0 Å². The van der Waals surface area contributed by atoms with Crippen molar-refractivity contribution in [2.75, 3.05) is 26.7 Å². The lowest BCUT2D eigenvalue weighted by Gasteiger charge is -2.34. The number of nitrogens with zero attached hydrogens (tertiary/aromatic N) is 1. The van der Waals surface area contributed by atoms with Crippen molar-refractivity contribution in [1.82, 2.24) is 10.2 Å². The molecule has 0 radical (unpaired) electrons. The zero-order valence-electron chi connectivity index (χ0n) is 12.8. The molecule has 0 rings (SSSR count). The third-order valence-electron chi connectivity index (χ3n) is 3.92. The predicted octanol–water partition coefficient (Wildman–Crippen LogP) is 3.67. The van der Waals surface area contributed by atoms with E-state index in [0.29, 0.717) is 5.54 Å². The minimum Gasteiger partial charge on any atom is -0.317 e. The topological polar surface area (TPSA) is 15.3 Å².